The Balaban J connectivity index is 1.98. The van der Waals surface area contributed by atoms with Crippen LogP contribution >= 0.6 is 11.3 Å². The Labute approximate surface area is 108 Å². The van der Waals surface area contributed by atoms with Crippen LogP contribution in [0.1, 0.15) is 5.01 Å². The van der Waals surface area contributed by atoms with Crippen molar-refractivity contribution in [1.29, 1.82) is 0 Å². The number of aryl methyl sites for hydroxylation is 1. The molecule has 1 aromatic carbocycles. The summed E-state index contributed by atoms with van der Waals surface area (Å²) in [5.41, 5.74) is 0.646. The molecule has 0 unspecified atom stereocenters. The average molecular weight is 264 g/mol. The van der Waals surface area contributed by atoms with Crippen molar-refractivity contribution in [3.63, 3.8) is 0 Å². The number of urea groups is 1. The molecule has 0 radical (unpaired) electrons. The second kappa shape index (κ2) is 5.46. The molecular formula is C11H12N4O2S. The normalized spacial score (nSPS) is 9.89. The maximum absolute atomic E-state index is 11.7. The first-order valence-electron chi connectivity index (χ1n) is 5.19. The minimum absolute atomic E-state index is 0.362. The van der Waals surface area contributed by atoms with E-state index in [0.29, 0.717) is 16.6 Å². The van der Waals surface area contributed by atoms with Gasteiger partial charge in [0.05, 0.1) is 7.11 Å². The number of benzene rings is 1. The maximum Gasteiger partial charge on any atom is 0.325 e. The highest BCUT2D eigenvalue weighted by atomic mass is 32.1. The predicted octanol–water partition coefficient (Wildman–Crippen LogP) is 2.50. The maximum atomic E-state index is 11.7. The van der Waals surface area contributed by atoms with Crippen LogP contribution in [0, 0.1) is 6.92 Å². The van der Waals surface area contributed by atoms with Gasteiger partial charge in [-0.15, -0.1) is 10.2 Å². The first-order chi connectivity index (χ1) is 8.67. The SMILES string of the molecule is COc1cccc(NC(=O)Nc2nnc(C)s2)c1. The number of carbonyl (C=O) groups is 1. The number of rotatable bonds is 3. The number of hydrogen-bond acceptors (Lipinski definition) is 5. The zero-order valence-corrected chi connectivity index (χ0v) is 10.7. The Morgan fingerprint density at radius 2 is 2.17 bits per heavy atom. The lowest BCUT2D eigenvalue weighted by molar-refractivity contribution is 0.262. The van der Waals surface area contributed by atoms with E-state index in [-0.39, 0.29) is 6.03 Å². The van der Waals surface area contributed by atoms with Crippen molar-refractivity contribution in [2.45, 2.75) is 6.92 Å². The molecule has 7 heteroatoms. The monoisotopic (exact) mass is 264 g/mol. The Bertz CT molecular complexity index is 555. The third kappa shape index (κ3) is 3.17. The summed E-state index contributed by atoms with van der Waals surface area (Å²) in [6, 6.07) is 6.73. The van der Waals surface area contributed by atoms with E-state index in [9.17, 15) is 4.79 Å². The van der Waals surface area contributed by atoms with Crippen molar-refractivity contribution in [2.75, 3.05) is 17.7 Å². The summed E-state index contributed by atoms with van der Waals surface area (Å²) in [6.45, 7) is 1.82. The highest BCUT2D eigenvalue weighted by Gasteiger charge is 2.06. The number of nitrogens with one attached hydrogen (secondary N) is 2. The van der Waals surface area contributed by atoms with Crippen LogP contribution < -0.4 is 15.4 Å². The van der Waals surface area contributed by atoms with E-state index in [1.54, 1.807) is 31.4 Å². The van der Waals surface area contributed by atoms with E-state index >= 15 is 0 Å². The van der Waals surface area contributed by atoms with E-state index in [1.165, 1.54) is 11.3 Å². The van der Waals surface area contributed by atoms with Crippen molar-refractivity contribution >= 4 is 28.2 Å². The van der Waals surface area contributed by atoms with Gasteiger partial charge in [-0.05, 0) is 19.1 Å². The van der Waals surface area contributed by atoms with Gasteiger partial charge in [0.25, 0.3) is 0 Å². The second-order valence-corrected chi connectivity index (χ2v) is 4.62. The molecule has 0 saturated carbocycles. The summed E-state index contributed by atoms with van der Waals surface area (Å²) >= 11 is 1.32. The first kappa shape index (κ1) is 12.3. The molecule has 94 valence electrons. The lowest BCUT2D eigenvalue weighted by Crippen LogP contribution is -2.19. The quantitative estimate of drug-likeness (QED) is 0.893. The van der Waals surface area contributed by atoms with Gasteiger partial charge in [0.15, 0.2) is 0 Å². The van der Waals surface area contributed by atoms with Gasteiger partial charge in [-0.25, -0.2) is 4.79 Å². The topological polar surface area (TPSA) is 76.1 Å². The van der Waals surface area contributed by atoms with Crippen molar-refractivity contribution in [3.05, 3.63) is 29.3 Å². The van der Waals surface area contributed by atoms with E-state index in [4.69, 9.17) is 4.74 Å². The molecule has 0 bridgehead atoms. The highest BCUT2D eigenvalue weighted by molar-refractivity contribution is 7.15. The number of carbonyl (C=O) groups excluding carboxylic acids is 1. The minimum Gasteiger partial charge on any atom is -0.497 e. The predicted molar refractivity (Wildman–Crippen MR) is 70.3 cm³/mol. The molecule has 0 fully saturated rings. The minimum atomic E-state index is -0.362. The smallest absolute Gasteiger partial charge is 0.325 e. The molecule has 0 atom stereocenters. The second-order valence-electron chi connectivity index (χ2n) is 3.44. The summed E-state index contributed by atoms with van der Waals surface area (Å²) < 4.78 is 5.07. The van der Waals surface area contributed by atoms with Crippen molar-refractivity contribution in [1.82, 2.24) is 10.2 Å². The average Bonchev–Trinajstić information content (AvgIpc) is 2.74. The molecule has 0 aliphatic carbocycles. The number of hydrogen-bond donors (Lipinski definition) is 2. The number of aromatic nitrogens is 2. The Morgan fingerprint density at radius 1 is 1.33 bits per heavy atom. The fraction of sp³-hybridized carbons (Fsp3) is 0.182. The third-order valence-electron chi connectivity index (χ3n) is 2.07. The number of anilines is 2. The Morgan fingerprint density at radius 3 is 2.83 bits per heavy atom. The van der Waals surface area contributed by atoms with E-state index in [1.807, 2.05) is 6.92 Å². The fourth-order valence-corrected chi connectivity index (χ4v) is 1.89. The van der Waals surface area contributed by atoms with Gasteiger partial charge in [-0.2, -0.15) is 0 Å². The first-order valence-corrected chi connectivity index (χ1v) is 6.01. The number of nitrogens with zero attached hydrogens (tertiary/aromatic N) is 2. The van der Waals surface area contributed by atoms with Gasteiger partial charge in [-0.3, -0.25) is 5.32 Å². The van der Waals surface area contributed by atoms with Gasteiger partial charge < -0.3 is 10.1 Å². The van der Waals surface area contributed by atoms with Crippen molar-refractivity contribution < 1.29 is 9.53 Å². The molecule has 1 heterocycles. The molecule has 6 nitrogen and oxygen atoms in total. The largest absolute Gasteiger partial charge is 0.497 e. The molecule has 0 aliphatic heterocycles. The molecule has 2 rings (SSSR count). The van der Waals surface area contributed by atoms with Crippen molar-refractivity contribution in [2.24, 2.45) is 0 Å². The summed E-state index contributed by atoms with van der Waals surface area (Å²) in [7, 11) is 1.57. The van der Waals surface area contributed by atoms with Crippen LogP contribution in [0.4, 0.5) is 15.6 Å². The molecule has 1 aromatic heterocycles. The van der Waals surface area contributed by atoms with Gasteiger partial charge in [0, 0.05) is 11.8 Å². The molecule has 2 aromatic rings. The summed E-state index contributed by atoms with van der Waals surface area (Å²) in [5.74, 6) is 0.680. The van der Waals surface area contributed by atoms with Crippen LogP contribution in [0.2, 0.25) is 0 Å². The Hall–Kier alpha value is -2.15. The molecule has 2 N–H and O–H groups in total. The molecule has 0 saturated heterocycles. The van der Waals surface area contributed by atoms with Gasteiger partial charge in [-0.1, -0.05) is 17.4 Å². The molecule has 0 aliphatic rings. The lowest BCUT2D eigenvalue weighted by Gasteiger charge is -2.06. The summed E-state index contributed by atoms with van der Waals surface area (Å²) in [5, 5.41) is 14.2. The van der Waals surface area contributed by atoms with Crippen LogP contribution in [0.5, 0.6) is 5.75 Å². The number of methoxy groups -OCH3 is 1. The number of amides is 2. The molecule has 18 heavy (non-hydrogen) atoms. The van der Waals surface area contributed by atoms with Crippen LogP contribution in [-0.4, -0.2) is 23.3 Å². The van der Waals surface area contributed by atoms with Gasteiger partial charge >= 0.3 is 6.03 Å². The van der Waals surface area contributed by atoms with Gasteiger partial charge in [0.1, 0.15) is 10.8 Å². The van der Waals surface area contributed by atoms with Gasteiger partial charge in [0.2, 0.25) is 5.13 Å². The summed E-state index contributed by atoms with van der Waals surface area (Å²) in [4.78, 5) is 11.7. The fourth-order valence-electron chi connectivity index (χ4n) is 1.31. The van der Waals surface area contributed by atoms with Crippen LogP contribution in [0.15, 0.2) is 24.3 Å². The Kier molecular flexibility index (Phi) is 3.73. The van der Waals surface area contributed by atoms with E-state index < -0.39 is 0 Å². The zero-order chi connectivity index (χ0) is 13.0. The molecular weight excluding hydrogens is 252 g/mol. The van der Waals surface area contributed by atoms with Crippen LogP contribution in [0.3, 0.4) is 0 Å². The number of ether oxygens (including phenoxy) is 1. The highest BCUT2D eigenvalue weighted by Crippen LogP contribution is 2.18. The van der Waals surface area contributed by atoms with Crippen LogP contribution in [0.25, 0.3) is 0 Å². The third-order valence-corrected chi connectivity index (χ3v) is 2.83. The molecule has 2 amide bonds. The molecule has 0 spiro atoms. The zero-order valence-electron chi connectivity index (χ0n) is 9.93. The van der Waals surface area contributed by atoms with Crippen LogP contribution in [-0.2, 0) is 0 Å². The van der Waals surface area contributed by atoms with E-state index in [2.05, 4.69) is 20.8 Å². The standard InChI is InChI=1S/C11H12N4O2S/c1-7-14-15-11(18-7)13-10(16)12-8-4-3-5-9(6-8)17-2/h3-6H,1-2H3,(H2,12,13,15,16). The van der Waals surface area contributed by atoms with E-state index in [0.717, 1.165) is 5.01 Å². The van der Waals surface area contributed by atoms with Crippen molar-refractivity contribution in [3.8, 4) is 5.75 Å². The summed E-state index contributed by atoms with van der Waals surface area (Å²) in [6.07, 6.45) is 0. The lowest BCUT2D eigenvalue weighted by atomic mass is 10.3.